The van der Waals surface area contributed by atoms with Gasteiger partial charge in [-0.2, -0.15) is 0 Å². The van der Waals surface area contributed by atoms with Gasteiger partial charge in [0.1, 0.15) is 17.7 Å². The molecule has 0 aliphatic carbocycles. The molecular weight excluding hydrogens is 283 g/mol. The van der Waals surface area contributed by atoms with E-state index < -0.39 is 12.3 Å². The van der Waals surface area contributed by atoms with Crippen LogP contribution in [0.25, 0.3) is 0 Å². The van der Waals surface area contributed by atoms with Crippen molar-refractivity contribution in [1.29, 1.82) is 0 Å². The largest absolute Gasteiger partial charge is 0.473 e. The monoisotopic (exact) mass is 304 g/mol. The number of aliphatic hydroxyl groups excluding tert-OH is 1. The Morgan fingerprint density at radius 2 is 1.91 bits per heavy atom. The Labute approximate surface area is 129 Å². The molecule has 2 aromatic rings. The van der Waals surface area contributed by atoms with Gasteiger partial charge in [0.2, 0.25) is 0 Å². The van der Waals surface area contributed by atoms with Crippen molar-refractivity contribution in [1.82, 2.24) is 0 Å². The van der Waals surface area contributed by atoms with Gasteiger partial charge in [-0.3, -0.25) is 5.73 Å². The number of para-hydroxylation sites is 1. The molecule has 4 N–H and O–H groups in total. The second-order valence-corrected chi connectivity index (χ2v) is 5.04. The minimum atomic E-state index is -0.767. The number of halogens is 1. The predicted molar refractivity (Wildman–Crippen MR) is 85.2 cm³/mol. The van der Waals surface area contributed by atoms with Crippen LogP contribution in [-0.4, -0.2) is 24.0 Å². The fraction of sp³-hybridized carbons (Fsp3) is 0.294. The van der Waals surface area contributed by atoms with Crippen LogP contribution in [0.3, 0.4) is 0 Å². The Balaban J connectivity index is 1.67. The van der Waals surface area contributed by atoms with E-state index in [9.17, 15) is 9.50 Å². The molecule has 0 aliphatic heterocycles. The van der Waals surface area contributed by atoms with E-state index in [2.05, 4.69) is 5.32 Å². The maximum atomic E-state index is 13.0. The van der Waals surface area contributed by atoms with Crippen LogP contribution in [0.4, 0.5) is 10.1 Å². The van der Waals surface area contributed by atoms with Gasteiger partial charge in [-0.25, -0.2) is 4.39 Å². The first kappa shape index (κ1) is 16.3. The molecule has 2 aromatic carbocycles. The molecule has 22 heavy (non-hydrogen) atoms. The van der Waals surface area contributed by atoms with Crippen LogP contribution < -0.4 is 15.8 Å². The Kier molecular flexibility index (Phi) is 6.18. The quantitative estimate of drug-likeness (QED) is 0.518. The zero-order valence-electron chi connectivity index (χ0n) is 12.3. The van der Waals surface area contributed by atoms with Gasteiger partial charge >= 0.3 is 0 Å². The zero-order chi connectivity index (χ0) is 15.8. The lowest BCUT2D eigenvalue weighted by molar-refractivity contribution is 0.0340. The minimum absolute atomic E-state index is 0.275. The smallest absolute Gasteiger partial charge is 0.173 e. The van der Waals surface area contributed by atoms with Crippen LogP contribution in [-0.2, 0) is 0 Å². The molecule has 0 aromatic heterocycles. The summed E-state index contributed by atoms with van der Waals surface area (Å²) in [7, 11) is 0. The number of hydrogen-bond donors (Lipinski definition) is 3. The van der Waals surface area contributed by atoms with Gasteiger partial charge in [0, 0.05) is 12.2 Å². The predicted octanol–water partition coefficient (Wildman–Crippen LogP) is 2.74. The second kappa shape index (κ2) is 8.36. The van der Waals surface area contributed by atoms with Crippen LogP contribution in [0.5, 0.6) is 5.75 Å². The van der Waals surface area contributed by atoms with Crippen LogP contribution in [0.1, 0.15) is 12.8 Å². The molecule has 0 radical (unpaired) electrons. The van der Waals surface area contributed by atoms with E-state index in [1.807, 2.05) is 18.2 Å². The van der Waals surface area contributed by atoms with E-state index in [4.69, 9.17) is 10.5 Å². The molecule has 0 aliphatic rings. The molecule has 0 saturated heterocycles. The van der Waals surface area contributed by atoms with Crippen LogP contribution in [0.15, 0.2) is 54.6 Å². The molecular formula is C17H21FN2O2. The van der Waals surface area contributed by atoms with Crippen molar-refractivity contribution >= 4 is 5.69 Å². The van der Waals surface area contributed by atoms with Crippen molar-refractivity contribution < 1.29 is 14.2 Å². The van der Waals surface area contributed by atoms with Crippen molar-refractivity contribution in [3.8, 4) is 5.75 Å². The van der Waals surface area contributed by atoms with E-state index in [-0.39, 0.29) is 5.82 Å². The molecule has 5 heteroatoms. The van der Waals surface area contributed by atoms with Crippen molar-refractivity contribution in [3.05, 3.63) is 60.4 Å². The van der Waals surface area contributed by atoms with Crippen molar-refractivity contribution in [2.45, 2.75) is 25.2 Å². The summed E-state index contributed by atoms with van der Waals surface area (Å²) in [6.07, 6.45) is -0.328. The van der Waals surface area contributed by atoms with Crippen LogP contribution in [0, 0.1) is 5.82 Å². The Morgan fingerprint density at radius 3 is 2.64 bits per heavy atom. The van der Waals surface area contributed by atoms with Gasteiger partial charge in [0.15, 0.2) is 6.23 Å². The first-order chi connectivity index (χ1) is 10.6. The van der Waals surface area contributed by atoms with E-state index in [1.54, 1.807) is 24.3 Å². The minimum Gasteiger partial charge on any atom is -0.473 e. The second-order valence-electron chi connectivity index (χ2n) is 5.04. The van der Waals surface area contributed by atoms with Crippen LogP contribution in [0.2, 0.25) is 0 Å². The van der Waals surface area contributed by atoms with Crippen molar-refractivity contribution in [2.75, 3.05) is 11.9 Å². The number of anilines is 1. The topological polar surface area (TPSA) is 67.5 Å². The molecule has 0 spiro atoms. The number of hydrogen-bond acceptors (Lipinski definition) is 4. The third kappa shape index (κ3) is 5.35. The number of rotatable bonds is 8. The van der Waals surface area contributed by atoms with E-state index in [1.165, 1.54) is 12.1 Å². The molecule has 2 unspecified atom stereocenters. The summed E-state index contributed by atoms with van der Waals surface area (Å²) < 4.78 is 18.5. The summed E-state index contributed by atoms with van der Waals surface area (Å²) >= 11 is 0. The van der Waals surface area contributed by atoms with E-state index >= 15 is 0 Å². The summed E-state index contributed by atoms with van der Waals surface area (Å²) in [6, 6.07) is 15.4. The molecule has 0 amide bonds. The first-order valence-electron chi connectivity index (χ1n) is 7.30. The highest BCUT2D eigenvalue weighted by Crippen LogP contribution is 2.13. The summed E-state index contributed by atoms with van der Waals surface area (Å²) in [5.41, 5.74) is 6.54. The number of aliphatic hydroxyl groups is 1. The highest BCUT2D eigenvalue weighted by atomic mass is 19.1. The number of ether oxygens (including phenoxy) is 1. The highest BCUT2D eigenvalue weighted by Gasteiger charge is 2.15. The lowest BCUT2D eigenvalue weighted by Gasteiger charge is -2.20. The SMILES string of the molecule is NC(Oc1ccccc1)C(O)CCCNc1cccc(F)c1. The Morgan fingerprint density at radius 1 is 1.14 bits per heavy atom. The number of nitrogens with two attached hydrogens (primary N) is 1. The summed E-state index contributed by atoms with van der Waals surface area (Å²) in [6.45, 7) is 0.624. The summed E-state index contributed by atoms with van der Waals surface area (Å²) in [5.74, 6) is 0.357. The third-order valence-electron chi connectivity index (χ3n) is 3.23. The standard InChI is InChI=1S/C17H21FN2O2/c18-13-6-4-7-14(12-13)20-11-5-10-16(21)17(19)22-15-8-2-1-3-9-15/h1-4,6-9,12,16-17,20-21H,5,10-11,19H2. The zero-order valence-corrected chi connectivity index (χ0v) is 12.3. The lowest BCUT2D eigenvalue weighted by atomic mass is 10.1. The van der Waals surface area contributed by atoms with E-state index in [0.29, 0.717) is 25.1 Å². The normalized spacial score (nSPS) is 13.4. The average Bonchev–Trinajstić information content (AvgIpc) is 2.52. The summed E-state index contributed by atoms with van der Waals surface area (Å²) in [4.78, 5) is 0. The van der Waals surface area contributed by atoms with Crippen molar-refractivity contribution in [3.63, 3.8) is 0 Å². The maximum Gasteiger partial charge on any atom is 0.173 e. The molecule has 0 saturated carbocycles. The number of nitrogens with one attached hydrogen (secondary N) is 1. The van der Waals surface area contributed by atoms with Gasteiger partial charge in [-0.05, 0) is 43.2 Å². The fourth-order valence-electron chi connectivity index (χ4n) is 2.04. The van der Waals surface area contributed by atoms with Gasteiger partial charge in [-0.15, -0.1) is 0 Å². The highest BCUT2D eigenvalue weighted by molar-refractivity contribution is 5.42. The van der Waals surface area contributed by atoms with Gasteiger partial charge < -0.3 is 15.2 Å². The average molecular weight is 304 g/mol. The molecule has 2 rings (SSSR count). The maximum absolute atomic E-state index is 13.0. The molecule has 0 fully saturated rings. The van der Waals surface area contributed by atoms with Gasteiger partial charge in [0.25, 0.3) is 0 Å². The Bertz CT molecular complexity index is 566. The molecule has 2 atom stereocenters. The van der Waals surface area contributed by atoms with E-state index in [0.717, 1.165) is 5.69 Å². The molecule has 118 valence electrons. The molecule has 4 nitrogen and oxygen atoms in total. The van der Waals surface area contributed by atoms with Gasteiger partial charge in [-0.1, -0.05) is 24.3 Å². The molecule has 0 heterocycles. The molecule has 0 bridgehead atoms. The Hall–Kier alpha value is -2.11. The summed E-state index contributed by atoms with van der Waals surface area (Å²) in [5, 5.41) is 13.1. The van der Waals surface area contributed by atoms with Crippen molar-refractivity contribution in [2.24, 2.45) is 5.73 Å². The lowest BCUT2D eigenvalue weighted by Crippen LogP contribution is -2.40. The third-order valence-corrected chi connectivity index (χ3v) is 3.23. The fourth-order valence-corrected chi connectivity index (χ4v) is 2.04. The van der Waals surface area contributed by atoms with Gasteiger partial charge in [0.05, 0.1) is 0 Å². The van der Waals surface area contributed by atoms with Crippen LogP contribution >= 0.6 is 0 Å². The number of benzene rings is 2. The first-order valence-corrected chi connectivity index (χ1v) is 7.30.